The molecular formula is C21H23N3O4. The van der Waals surface area contributed by atoms with Crippen molar-refractivity contribution in [2.24, 2.45) is 0 Å². The van der Waals surface area contributed by atoms with Gasteiger partial charge < -0.3 is 20.3 Å². The van der Waals surface area contributed by atoms with Gasteiger partial charge in [-0.1, -0.05) is 12.1 Å². The molecule has 7 nitrogen and oxygen atoms in total. The highest BCUT2D eigenvalue weighted by Gasteiger charge is 2.21. The van der Waals surface area contributed by atoms with Crippen molar-refractivity contribution in [3.8, 4) is 5.75 Å². The van der Waals surface area contributed by atoms with Gasteiger partial charge in [0, 0.05) is 31.4 Å². The van der Waals surface area contributed by atoms with E-state index in [1.165, 1.54) is 6.92 Å². The van der Waals surface area contributed by atoms with Crippen molar-refractivity contribution in [3.63, 3.8) is 0 Å². The Bertz CT molecular complexity index is 910. The molecule has 146 valence electrons. The molecule has 2 aromatic carbocycles. The van der Waals surface area contributed by atoms with Crippen LogP contribution in [0.2, 0.25) is 0 Å². The second-order valence-corrected chi connectivity index (χ2v) is 6.61. The molecule has 0 atom stereocenters. The predicted octanol–water partition coefficient (Wildman–Crippen LogP) is 2.25. The molecule has 0 saturated heterocycles. The van der Waals surface area contributed by atoms with Gasteiger partial charge in [-0.3, -0.25) is 14.4 Å². The molecule has 0 aromatic heterocycles. The number of hydrogen-bond acceptors (Lipinski definition) is 4. The molecule has 0 unspecified atom stereocenters. The summed E-state index contributed by atoms with van der Waals surface area (Å²) in [5.41, 5.74) is 3.21. The number of ether oxygens (including phenoxy) is 1. The van der Waals surface area contributed by atoms with Crippen molar-refractivity contribution in [1.82, 2.24) is 5.32 Å². The Morgan fingerprint density at radius 3 is 2.68 bits per heavy atom. The number of nitrogens with zero attached hydrogens (tertiary/aromatic N) is 1. The maximum absolute atomic E-state index is 12.2. The van der Waals surface area contributed by atoms with Crippen LogP contribution in [-0.4, -0.2) is 31.4 Å². The van der Waals surface area contributed by atoms with Gasteiger partial charge >= 0.3 is 11.8 Å². The van der Waals surface area contributed by atoms with E-state index in [-0.39, 0.29) is 12.5 Å². The molecule has 1 heterocycles. The number of benzene rings is 2. The lowest BCUT2D eigenvalue weighted by molar-refractivity contribution is -0.136. The molecule has 0 bridgehead atoms. The Labute approximate surface area is 163 Å². The first-order valence-corrected chi connectivity index (χ1v) is 9.11. The summed E-state index contributed by atoms with van der Waals surface area (Å²) in [5.74, 6) is -0.771. The zero-order valence-electron chi connectivity index (χ0n) is 16.0. The third kappa shape index (κ3) is 4.49. The molecule has 0 saturated carbocycles. The van der Waals surface area contributed by atoms with Gasteiger partial charge in [-0.2, -0.15) is 0 Å². The van der Waals surface area contributed by atoms with Gasteiger partial charge in [0.2, 0.25) is 5.91 Å². The van der Waals surface area contributed by atoms with E-state index in [0.29, 0.717) is 18.0 Å². The summed E-state index contributed by atoms with van der Waals surface area (Å²) in [7, 11) is 1.57. The van der Waals surface area contributed by atoms with E-state index in [4.69, 9.17) is 4.74 Å². The van der Waals surface area contributed by atoms with Gasteiger partial charge in [0.25, 0.3) is 0 Å². The molecule has 0 aliphatic carbocycles. The molecule has 0 radical (unpaired) electrons. The maximum atomic E-state index is 12.2. The number of carbonyl (C=O) groups is 3. The lowest BCUT2D eigenvalue weighted by Gasteiger charge is -2.28. The summed E-state index contributed by atoms with van der Waals surface area (Å²) in [4.78, 5) is 37.7. The van der Waals surface area contributed by atoms with Crippen LogP contribution in [0.25, 0.3) is 0 Å². The number of rotatable bonds is 4. The normalized spacial score (nSPS) is 12.7. The van der Waals surface area contributed by atoms with Crippen molar-refractivity contribution >= 4 is 29.1 Å². The van der Waals surface area contributed by atoms with Gasteiger partial charge in [-0.15, -0.1) is 0 Å². The number of fused-ring (bicyclic) bond motifs is 1. The molecule has 0 fully saturated rings. The Kier molecular flexibility index (Phi) is 5.93. The second-order valence-electron chi connectivity index (χ2n) is 6.61. The average molecular weight is 381 g/mol. The first-order valence-electron chi connectivity index (χ1n) is 9.11. The van der Waals surface area contributed by atoms with Crippen LogP contribution < -0.4 is 20.3 Å². The van der Waals surface area contributed by atoms with Crippen LogP contribution in [0.4, 0.5) is 11.4 Å². The first kappa shape index (κ1) is 19.4. The van der Waals surface area contributed by atoms with Gasteiger partial charge in [0.1, 0.15) is 5.75 Å². The molecule has 2 aromatic rings. The fourth-order valence-electron chi connectivity index (χ4n) is 3.23. The number of anilines is 2. The molecule has 3 amide bonds. The molecule has 1 aliphatic rings. The molecule has 1 aliphatic heterocycles. The smallest absolute Gasteiger partial charge is 0.313 e. The Morgan fingerprint density at radius 2 is 1.93 bits per heavy atom. The topological polar surface area (TPSA) is 87.7 Å². The Hall–Kier alpha value is -3.35. The van der Waals surface area contributed by atoms with Crippen LogP contribution in [0.5, 0.6) is 5.75 Å². The molecule has 2 N–H and O–H groups in total. The highest BCUT2D eigenvalue weighted by Crippen LogP contribution is 2.29. The lowest BCUT2D eigenvalue weighted by atomic mass is 10.0. The van der Waals surface area contributed by atoms with Crippen molar-refractivity contribution in [2.45, 2.75) is 26.3 Å². The van der Waals surface area contributed by atoms with Gasteiger partial charge in [-0.05, 0) is 54.3 Å². The molecule has 3 rings (SSSR count). The third-order valence-electron chi connectivity index (χ3n) is 4.63. The summed E-state index contributed by atoms with van der Waals surface area (Å²) in [6.45, 7) is 2.46. The van der Waals surface area contributed by atoms with Crippen LogP contribution in [-0.2, 0) is 27.3 Å². The van der Waals surface area contributed by atoms with E-state index in [1.54, 1.807) is 36.3 Å². The monoisotopic (exact) mass is 381 g/mol. The van der Waals surface area contributed by atoms with E-state index in [1.807, 2.05) is 18.2 Å². The third-order valence-corrected chi connectivity index (χ3v) is 4.63. The number of carbonyl (C=O) groups excluding carboxylic acids is 3. The summed E-state index contributed by atoms with van der Waals surface area (Å²) < 4.78 is 5.14. The van der Waals surface area contributed by atoms with E-state index >= 15 is 0 Å². The molecule has 0 spiro atoms. The van der Waals surface area contributed by atoms with Crippen LogP contribution in [0, 0.1) is 0 Å². The van der Waals surface area contributed by atoms with Crippen molar-refractivity contribution in [1.29, 1.82) is 0 Å². The SMILES string of the molecule is COc1cccc(CNC(=O)C(=O)Nc2ccc3c(c2)CCCN3C(C)=O)c1. The van der Waals surface area contributed by atoms with E-state index < -0.39 is 11.8 Å². The van der Waals surface area contributed by atoms with Gasteiger partial charge in [0.05, 0.1) is 7.11 Å². The fourth-order valence-corrected chi connectivity index (χ4v) is 3.23. The van der Waals surface area contributed by atoms with Crippen molar-refractivity contribution < 1.29 is 19.1 Å². The average Bonchev–Trinajstić information content (AvgIpc) is 2.71. The van der Waals surface area contributed by atoms with Crippen LogP contribution in [0.15, 0.2) is 42.5 Å². The van der Waals surface area contributed by atoms with Crippen LogP contribution >= 0.6 is 0 Å². The molecule has 7 heteroatoms. The molecule has 28 heavy (non-hydrogen) atoms. The van der Waals surface area contributed by atoms with Crippen LogP contribution in [0.3, 0.4) is 0 Å². The number of amides is 3. The van der Waals surface area contributed by atoms with Crippen LogP contribution in [0.1, 0.15) is 24.5 Å². The predicted molar refractivity (Wildman–Crippen MR) is 106 cm³/mol. The highest BCUT2D eigenvalue weighted by atomic mass is 16.5. The summed E-state index contributed by atoms with van der Waals surface area (Å²) >= 11 is 0. The van der Waals surface area contributed by atoms with Crippen molar-refractivity contribution in [2.75, 3.05) is 23.9 Å². The lowest BCUT2D eigenvalue weighted by Crippen LogP contribution is -2.35. The largest absolute Gasteiger partial charge is 0.497 e. The number of nitrogens with one attached hydrogen (secondary N) is 2. The zero-order valence-corrected chi connectivity index (χ0v) is 16.0. The highest BCUT2D eigenvalue weighted by molar-refractivity contribution is 6.39. The van der Waals surface area contributed by atoms with Gasteiger partial charge in [-0.25, -0.2) is 0 Å². The fraction of sp³-hybridized carbons (Fsp3) is 0.286. The van der Waals surface area contributed by atoms with E-state index in [9.17, 15) is 14.4 Å². The number of hydrogen-bond donors (Lipinski definition) is 2. The van der Waals surface area contributed by atoms with Crippen molar-refractivity contribution in [3.05, 3.63) is 53.6 Å². The summed E-state index contributed by atoms with van der Waals surface area (Å²) in [6.07, 6.45) is 1.69. The minimum Gasteiger partial charge on any atom is -0.497 e. The standard InChI is InChI=1S/C21H23N3O4/c1-14(25)24-10-4-6-16-12-17(8-9-19(16)24)23-21(27)20(26)22-13-15-5-3-7-18(11-15)28-2/h3,5,7-9,11-12H,4,6,10,13H2,1-2H3,(H,22,26)(H,23,27). The van der Waals surface area contributed by atoms with Gasteiger partial charge in [0.15, 0.2) is 0 Å². The van der Waals surface area contributed by atoms with E-state index in [2.05, 4.69) is 10.6 Å². The number of aryl methyl sites for hydroxylation is 1. The Morgan fingerprint density at radius 1 is 1.11 bits per heavy atom. The van der Waals surface area contributed by atoms with E-state index in [0.717, 1.165) is 29.7 Å². The quantitative estimate of drug-likeness (QED) is 0.795. The Balaban J connectivity index is 1.61. The second kappa shape index (κ2) is 8.56. The molecular weight excluding hydrogens is 358 g/mol. The summed E-state index contributed by atoms with van der Waals surface area (Å²) in [6, 6.07) is 12.6. The minimum absolute atomic E-state index is 0.00495. The minimum atomic E-state index is -0.734. The summed E-state index contributed by atoms with van der Waals surface area (Å²) in [5, 5.41) is 5.21. The number of methoxy groups -OCH3 is 1. The first-order chi connectivity index (χ1) is 13.5. The maximum Gasteiger partial charge on any atom is 0.313 e. The zero-order chi connectivity index (χ0) is 20.1.